The van der Waals surface area contributed by atoms with Crippen LogP contribution in [0.2, 0.25) is 0 Å². The molecular formula is C16H14N2OS2. The molecule has 3 aromatic rings. The van der Waals surface area contributed by atoms with Gasteiger partial charge in [0, 0.05) is 23.3 Å². The fourth-order valence-electron chi connectivity index (χ4n) is 2.51. The summed E-state index contributed by atoms with van der Waals surface area (Å²) in [6.07, 6.45) is 0. The fraction of sp³-hybridized carbons (Fsp3) is 0.188. The molecule has 4 rings (SSSR count). The predicted octanol–water partition coefficient (Wildman–Crippen LogP) is 4.52. The summed E-state index contributed by atoms with van der Waals surface area (Å²) in [5.74, 6) is 1.98. The van der Waals surface area contributed by atoms with Crippen LogP contribution in [0.4, 0.5) is 5.69 Å². The van der Waals surface area contributed by atoms with E-state index >= 15 is 0 Å². The Bertz CT molecular complexity index is 736. The van der Waals surface area contributed by atoms with Crippen molar-refractivity contribution in [2.75, 3.05) is 17.2 Å². The van der Waals surface area contributed by atoms with Crippen LogP contribution in [-0.2, 0) is 6.54 Å². The Hall–Kier alpha value is -1.72. The highest BCUT2D eigenvalue weighted by Gasteiger charge is 2.18. The minimum Gasteiger partial charge on any atom is -0.364 e. The number of rotatable bonds is 3. The summed E-state index contributed by atoms with van der Waals surface area (Å²) in [7, 11) is 0. The van der Waals surface area contributed by atoms with E-state index in [1.807, 2.05) is 17.8 Å². The fourth-order valence-corrected chi connectivity index (χ4v) is 4.23. The van der Waals surface area contributed by atoms with Crippen LogP contribution >= 0.6 is 23.1 Å². The van der Waals surface area contributed by atoms with E-state index in [2.05, 4.69) is 51.8 Å². The monoisotopic (exact) mass is 314 g/mol. The van der Waals surface area contributed by atoms with Crippen LogP contribution in [0.3, 0.4) is 0 Å². The molecule has 0 bridgehead atoms. The zero-order valence-electron chi connectivity index (χ0n) is 11.4. The molecule has 0 atom stereocenters. The molecule has 0 unspecified atom stereocenters. The van der Waals surface area contributed by atoms with E-state index in [0.29, 0.717) is 0 Å². The summed E-state index contributed by atoms with van der Waals surface area (Å²) >= 11 is 3.60. The Balaban J connectivity index is 1.57. The maximum atomic E-state index is 5.47. The molecular weight excluding hydrogens is 300 g/mol. The maximum Gasteiger partial charge on any atom is 0.177 e. The summed E-state index contributed by atoms with van der Waals surface area (Å²) < 4.78 is 5.47. The second kappa shape index (κ2) is 5.58. The molecule has 106 valence electrons. The average Bonchev–Trinajstić information content (AvgIpc) is 3.18. The van der Waals surface area contributed by atoms with Crippen LogP contribution in [0, 0.1) is 0 Å². The normalized spacial score (nSPS) is 14.2. The number of aromatic nitrogens is 1. The van der Waals surface area contributed by atoms with Crippen molar-refractivity contribution in [2.24, 2.45) is 0 Å². The molecule has 5 heteroatoms. The Morgan fingerprint density at radius 1 is 1.19 bits per heavy atom. The van der Waals surface area contributed by atoms with E-state index in [-0.39, 0.29) is 0 Å². The van der Waals surface area contributed by atoms with Gasteiger partial charge in [-0.05, 0) is 23.6 Å². The number of anilines is 1. The number of para-hydroxylation sites is 1. The zero-order chi connectivity index (χ0) is 14.1. The van der Waals surface area contributed by atoms with E-state index in [1.165, 1.54) is 10.6 Å². The molecule has 21 heavy (non-hydrogen) atoms. The molecule has 3 nitrogen and oxygen atoms in total. The molecule has 0 amide bonds. The highest BCUT2D eigenvalue weighted by molar-refractivity contribution is 7.99. The van der Waals surface area contributed by atoms with Crippen molar-refractivity contribution >= 4 is 28.8 Å². The van der Waals surface area contributed by atoms with Crippen LogP contribution in [0.5, 0.6) is 0 Å². The van der Waals surface area contributed by atoms with Crippen LogP contribution in [-0.4, -0.2) is 17.5 Å². The topological polar surface area (TPSA) is 29.3 Å². The summed E-state index contributed by atoms with van der Waals surface area (Å²) in [4.78, 5) is 4.86. The van der Waals surface area contributed by atoms with Crippen molar-refractivity contribution in [2.45, 2.75) is 11.4 Å². The maximum absolute atomic E-state index is 5.47. The molecule has 1 aliphatic heterocycles. The molecule has 2 aromatic heterocycles. The quantitative estimate of drug-likeness (QED) is 0.711. The molecule has 1 aliphatic rings. The van der Waals surface area contributed by atoms with Gasteiger partial charge >= 0.3 is 0 Å². The van der Waals surface area contributed by atoms with Gasteiger partial charge in [-0.15, -0.1) is 23.1 Å². The summed E-state index contributed by atoms with van der Waals surface area (Å²) in [5, 5.41) is 6.27. The average molecular weight is 314 g/mol. The minimum absolute atomic E-state index is 0.798. The molecule has 0 fully saturated rings. The molecule has 0 aliphatic carbocycles. The molecule has 0 saturated heterocycles. The van der Waals surface area contributed by atoms with Gasteiger partial charge < -0.3 is 9.42 Å². The number of nitrogens with zero attached hydrogens (tertiary/aromatic N) is 2. The number of fused-ring (bicyclic) bond motifs is 1. The van der Waals surface area contributed by atoms with Gasteiger partial charge in [-0.25, -0.2) is 0 Å². The lowest BCUT2D eigenvalue weighted by atomic mass is 10.2. The van der Waals surface area contributed by atoms with Gasteiger partial charge in [-0.1, -0.05) is 23.4 Å². The Morgan fingerprint density at radius 3 is 3.05 bits per heavy atom. The van der Waals surface area contributed by atoms with Gasteiger partial charge in [0.2, 0.25) is 0 Å². The summed E-state index contributed by atoms with van der Waals surface area (Å²) in [5.41, 5.74) is 2.29. The third kappa shape index (κ3) is 2.59. The zero-order valence-corrected chi connectivity index (χ0v) is 13.0. The number of thiophene rings is 1. The van der Waals surface area contributed by atoms with Crippen LogP contribution in [0.1, 0.15) is 5.69 Å². The Kier molecular flexibility index (Phi) is 3.45. The summed E-state index contributed by atoms with van der Waals surface area (Å²) in [6.45, 7) is 1.84. The van der Waals surface area contributed by atoms with Crippen molar-refractivity contribution in [1.82, 2.24) is 5.16 Å². The first kappa shape index (κ1) is 13.0. The van der Waals surface area contributed by atoms with Crippen molar-refractivity contribution in [3.8, 4) is 10.6 Å². The third-order valence-corrected chi connectivity index (χ3v) is 5.43. The molecule has 0 N–H and O–H groups in total. The lowest BCUT2D eigenvalue weighted by molar-refractivity contribution is 0.423. The molecule has 1 aromatic carbocycles. The Morgan fingerprint density at radius 2 is 2.14 bits per heavy atom. The van der Waals surface area contributed by atoms with Gasteiger partial charge in [0.1, 0.15) is 5.69 Å². The lowest BCUT2D eigenvalue weighted by Crippen LogP contribution is -2.28. The van der Waals surface area contributed by atoms with Gasteiger partial charge in [-0.2, -0.15) is 0 Å². The number of thioether (sulfide) groups is 1. The molecule has 3 heterocycles. The molecule has 0 radical (unpaired) electrons. The van der Waals surface area contributed by atoms with Gasteiger partial charge in [0.15, 0.2) is 5.76 Å². The highest BCUT2D eigenvalue weighted by Crippen LogP contribution is 2.35. The molecule has 0 saturated carbocycles. The summed E-state index contributed by atoms with van der Waals surface area (Å²) in [6, 6.07) is 14.7. The van der Waals surface area contributed by atoms with Crippen molar-refractivity contribution in [1.29, 1.82) is 0 Å². The SMILES string of the molecule is c1csc(-c2cc(CN3CCSc4ccccc43)no2)c1. The predicted molar refractivity (Wildman–Crippen MR) is 88.0 cm³/mol. The Labute approximate surface area is 131 Å². The van der Waals surface area contributed by atoms with Gasteiger partial charge in [0.05, 0.1) is 17.1 Å². The smallest absolute Gasteiger partial charge is 0.177 e. The standard InChI is InChI=1S/C16H14N2OS2/c1-2-5-15-13(4-1)18(7-9-21-15)11-12-10-14(19-17-12)16-6-3-8-20-16/h1-6,8,10H,7,9,11H2. The molecule has 0 spiro atoms. The second-order valence-electron chi connectivity index (χ2n) is 4.90. The van der Waals surface area contributed by atoms with Crippen molar-refractivity contribution < 1.29 is 4.52 Å². The van der Waals surface area contributed by atoms with Gasteiger partial charge in [-0.3, -0.25) is 0 Å². The van der Waals surface area contributed by atoms with E-state index in [9.17, 15) is 0 Å². The number of hydrogen-bond donors (Lipinski definition) is 0. The first-order chi connectivity index (χ1) is 10.4. The third-order valence-electron chi connectivity index (χ3n) is 3.50. The van der Waals surface area contributed by atoms with E-state index in [0.717, 1.165) is 35.2 Å². The van der Waals surface area contributed by atoms with E-state index < -0.39 is 0 Å². The highest BCUT2D eigenvalue weighted by atomic mass is 32.2. The van der Waals surface area contributed by atoms with Crippen molar-refractivity contribution in [3.63, 3.8) is 0 Å². The first-order valence-corrected chi connectivity index (χ1v) is 8.73. The van der Waals surface area contributed by atoms with E-state index in [4.69, 9.17) is 4.52 Å². The van der Waals surface area contributed by atoms with Crippen LogP contribution < -0.4 is 4.90 Å². The van der Waals surface area contributed by atoms with Crippen molar-refractivity contribution in [3.05, 3.63) is 53.5 Å². The first-order valence-electron chi connectivity index (χ1n) is 6.86. The minimum atomic E-state index is 0.798. The van der Waals surface area contributed by atoms with Crippen LogP contribution in [0.15, 0.2) is 57.3 Å². The van der Waals surface area contributed by atoms with Gasteiger partial charge in [0.25, 0.3) is 0 Å². The second-order valence-corrected chi connectivity index (χ2v) is 6.98. The number of benzene rings is 1. The largest absolute Gasteiger partial charge is 0.364 e. The number of hydrogen-bond acceptors (Lipinski definition) is 5. The van der Waals surface area contributed by atoms with E-state index in [1.54, 1.807) is 11.3 Å². The lowest BCUT2D eigenvalue weighted by Gasteiger charge is -2.29. The van der Waals surface area contributed by atoms with Crippen LogP contribution in [0.25, 0.3) is 10.6 Å².